The number of hydrogen-bond donors (Lipinski definition) is 0. The van der Waals surface area contributed by atoms with Gasteiger partial charge in [0.15, 0.2) is 0 Å². The van der Waals surface area contributed by atoms with Crippen LogP contribution in [0.3, 0.4) is 0 Å². The Kier molecular flexibility index (Phi) is 10.9. The Morgan fingerprint density at radius 1 is 0.758 bits per heavy atom. The van der Waals surface area contributed by atoms with Crippen LogP contribution in [0.1, 0.15) is 55.9 Å². The minimum Gasteiger partial charge on any atom is -0.380 e. The number of ether oxygens (including phenoxy) is 1. The minimum absolute atomic E-state index is 0. The van der Waals surface area contributed by atoms with Gasteiger partial charge in [0.2, 0.25) is 0 Å². The van der Waals surface area contributed by atoms with Gasteiger partial charge in [-0.1, -0.05) is 118 Å². The standard InChI is InChI=1S/C16H20O.C15H16.CH4/c1-3-13-4-8-15(9-5-13)16-10-6-14(7-11-16)12-17-2;1-3-13-6-10-15(11-7-13)14-8-4-12(2)5-9-14;/h4-10,16H,3,11-12H2,1-2H3;4-11H,3H2,1-2H3;1H4. The summed E-state index contributed by atoms with van der Waals surface area (Å²) in [7, 11) is 1.74. The normalized spacial score (nSPS) is 14.5. The molecule has 0 aliphatic heterocycles. The highest BCUT2D eigenvalue weighted by Crippen LogP contribution is 2.27. The predicted molar refractivity (Wildman–Crippen MR) is 145 cm³/mol. The lowest BCUT2D eigenvalue weighted by Crippen LogP contribution is -2.01. The molecule has 0 spiro atoms. The lowest BCUT2D eigenvalue weighted by Gasteiger charge is -2.16. The molecule has 0 heterocycles. The summed E-state index contributed by atoms with van der Waals surface area (Å²) < 4.78 is 5.13. The Labute approximate surface area is 201 Å². The molecule has 174 valence electrons. The van der Waals surface area contributed by atoms with Gasteiger partial charge in [0.25, 0.3) is 0 Å². The molecular formula is C32H40O. The molecule has 1 atom stereocenters. The third-order valence-electron chi connectivity index (χ3n) is 6.05. The first-order chi connectivity index (χ1) is 15.6. The zero-order valence-corrected chi connectivity index (χ0v) is 20.0. The van der Waals surface area contributed by atoms with Crippen molar-refractivity contribution in [2.45, 2.75) is 53.4 Å². The van der Waals surface area contributed by atoms with E-state index in [0.717, 1.165) is 25.9 Å². The average molecular weight is 441 g/mol. The van der Waals surface area contributed by atoms with E-state index >= 15 is 0 Å². The molecule has 33 heavy (non-hydrogen) atoms. The summed E-state index contributed by atoms with van der Waals surface area (Å²) in [6.45, 7) is 7.21. The molecule has 3 aromatic carbocycles. The van der Waals surface area contributed by atoms with Crippen molar-refractivity contribution in [3.63, 3.8) is 0 Å². The first kappa shape index (κ1) is 26.4. The Morgan fingerprint density at radius 2 is 1.27 bits per heavy atom. The van der Waals surface area contributed by atoms with E-state index in [2.05, 4.69) is 112 Å². The molecule has 4 rings (SSSR count). The van der Waals surface area contributed by atoms with E-state index in [1.54, 1.807) is 7.11 Å². The molecule has 0 fully saturated rings. The van der Waals surface area contributed by atoms with Crippen molar-refractivity contribution in [1.82, 2.24) is 0 Å². The third kappa shape index (κ3) is 7.87. The maximum absolute atomic E-state index is 5.13. The van der Waals surface area contributed by atoms with Crippen LogP contribution < -0.4 is 0 Å². The highest BCUT2D eigenvalue weighted by Gasteiger charge is 2.10. The molecule has 1 unspecified atom stereocenters. The average Bonchev–Trinajstić information content (AvgIpc) is 2.86. The van der Waals surface area contributed by atoms with Gasteiger partial charge in [-0.2, -0.15) is 0 Å². The molecule has 0 radical (unpaired) electrons. The Hall–Kier alpha value is -2.90. The smallest absolute Gasteiger partial charge is 0.0709 e. The summed E-state index contributed by atoms with van der Waals surface area (Å²) in [5.74, 6) is 0.529. The monoisotopic (exact) mass is 440 g/mol. The Balaban J connectivity index is 0.000000228. The second kappa shape index (κ2) is 13.6. The first-order valence-electron chi connectivity index (χ1n) is 11.7. The van der Waals surface area contributed by atoms with Crippen LogP contribution >= 0.6 is 0 Å². The summed E-state index contributed by atoms with van der Waals surface area (Å²) in [4.78, 5) is 0. The number of allylic oxidation sites excluding steroid dienone is 2. The molecule has 0 bridgehead atoms. The summed E-state index contributed by atoms with van der Waals surface area (Å²) >= 11 is 0. The van der Waals surface area contributed by atoms with Crippen LogP contribution in [0, 0.1) is 6.92 Å². The number of rotatable bonds is 6. The summed E-state index contributed by atoms with van der Waals surface area (Å²) in [5, 5.41) is 0. The van der Waals surface area contributed by atoms with Gasteiger partial charge in [-0.05, 0) is 59.6 Å². The van der Waals surface area contributed by atoms with E-state index < -0.39 is 0 Å². The van der Waals surface area contributed by atoms with Gasteiger partial charge < -0.3 is 4.74 Å². The molecule has 1 aliphatic rings. The molecule has 1 nitrogen and oxygen atoms in total. The maximum atomic E-state index is 5.13. The lowest BCUT2D eigenvalue weighted by molar-refractivity contribution is 0.227. The first-order valence-corrected chi connectivity index (χ1v) is 11.7. The minimum atomic E-state index is 0. The number of aryl methyl sites for hydroxylation is 3. The van der Waals surface area contributed by atoms with E-state index in [-0.39, 0.29) is 7.43 Å². The molecule has 1 heteroatoms. The molecule has 0 saturated heterocycles. The maximum Gasteiger partial charge on any atom is 0.0709 e. The van der Waals surface area contributed by atoms with Crippen LogP contribution in [0.15, 0.2) is 96.6 Å². The van der Waals surface area contributed by atoms with Crippen molar-refractivity contribution >= 4 is 0 Å². The fourth-order valence-electron chi connectivity index (χ4n) is 3.87. The lowest BCUT2D eigenvalue weighted by atomic mass is 9.90. The summed E-state index contributed by atoms with van der Waals surface area (Å²) in [5.41, 5.74) is 9.40. The molecule has 0 amide bonds. The zero-order valence-electron chi connectivity index (χ0n) is 20.0. The highest BCUT2D eigenvalue weighted by molar-refractivity contribution is 5.63. The van der Waals surface area contributed by atoms with Crippen LogP contribution in [0.2, 0.25) is 0 Å². The van der Waals surface area contributed by atoms with Crippen LogP contribution in [0.5, 0.6) is 0 Å². The number of benzene rings is 3. The van der Waals surface area contributed by atoms with Crippen LogP contribution in [-0.4, -0.2) is 13.7 Å². The number of methoxy groups -OCH3 is 1. The van der Waals surface area contributed by atoms with Gasteiger partial charge in [-0.3, -0.25) is 0 Å². The summed E-state index contributed by atoms with van der Waals surface area (Å²) in [6.07, 6.45) is 10.1. The van der Waals surface area contributed by atoms with Crippen molar-refractivity contribution in [3.05, 3.63) is 119 Å². The van der Waals surface area contributed by atoms with Gasteiger partial charge >= 0.3 is 0 Å². The summed E-state index contributed by atoms with van der Waals surface area (Å²) in [6, 6.07) is 26.4. The Bertz CT molecular complexity index is 1010. The van der Waals surface area contributed by atoms with E-state index in [0.29, 0.717) is 5.92 Å². The highest BCUT2D eigenvalue weighted by atomic mass is 16.5. The third-order valence-corrected chi connectivity index (χ3v) is 6.05. The van der Waals surface area contributed by atoms with Crippen molar-refractivity contribution < 1.29 is 4.74 Å². The molecular weight excluding hydrogens is 400 g/mol. The van der Waals surface area contributed by atoms with E-state index in [1.165, 1.54) is 39.0 Å². The van der Waals surface area contributed by atoms with Gasteiger partial charge in [0.05, 0.1) is 6.61 Å². The molecule has 0 saturated carbocycles. The van der Waals surface area contributed by atoms with Crippen molar-refractivity contribution in [1.29, 1.82) is 0 Å². The zero-order chi connectivity index (χ0) is 22.8. The predicted octanol–water partition coefficient (Wildman–Crippen LogP) is 8.73. The Morgan fingerprint density at radius 3 is 1.73 bits per heavy atom. The van der Waals surface area contributed by atoms with Crippen molar-refractivity contribution in [2.24, 2.45) is 0 Å². The van der Waals surface area contributed by atoms with Gasteiger partial charge in [0.1, 0.15) is 0 Å². The van der Waals surface area contributed by atoms with Gasteiger partial charge in [0, 0.05) is 13.0 Å². The SMILES string of the molecule is C.CCc1ccc(-c2ccc(C)cc2)cc1.CCc1ccc(C2C=CC(COC)=CC2)cc1. The van der Waals surface area contributed by atoms with Gasteiger partial charge in [-0.15, -0.1) is 0 Å². The number of hydrogen-bond acceptors (Lipinski definition) is 1. The fourth-order valence-corrected chi connectivity index (χ4v) is 3.87. The van der Waals surface area contributed by atoms with E-state index in [1.807, 2.05) is 0 Å². The van der Waals surface area contributed by atoms with Crippen molar-refractivity contribution in [3.8, 4) is 11.1 Å². The largest absolute Gasteiger partial charge is 0.380 e. The van der Waals surface area contributed by atoms with Gasteiger partial charge in [-0.25, -0.2) is 0 Å². The molecule has 3 aromatic rings. The second-order valence-corrected chi connectivity index (χ2v) is 8.43. The molecule has 0 aromatic heterocycles. The molecule has 1 aliphatic carbocycles. The fraction of sp³-hybridized carbons (Fsp3) is 0.312. The quantitative estimate of drug-likeness (QED) is 0.372. The van der Waals surface area contributed by atoms with E-state index in [4.69, 9.17) is 4.74 Å². The van der Waals surface area contributed by atoms with Crippen molar-refractivity contribution in [2.75, 3.05) is 13.7 Å². The van der Waals surface area contributed by atoms with E-state index in [9.17, 15) is 0 Å². The van der Waals surface area contributed by atoms with Crippen LogP contribution in [0.25, 0.3) is 11.1 Å². The van der Waals surface area contributed by atoms with Crippen LogP contribution in [-0.2, 0) is 17.6 Å². The second-order valence-electron chi connectivity index (χ2n) is 8.43. The topological polar surface area (TPSA) is 9.23 Å². The van der Waals surface area contributed by atoms with Crippen LogP contribution in [0.4, 0.5) is 0 Å². The molecule has 0 N–H and O–H groups in total.